The van der Waals surface area contributed by atoms with E-state index in [1.165, 1.54) is 0 Å². The van der Waals surface area contributed by atoms with Gasteiger partial charge in [0, 0.05) is 25.5 Å². The summed E-state index contributed by atoms with van der Waals surface area (Å²) < 4.78 is 118. The molecule has 0 saturated carbocycles. The Morgan fingerprint density at radius 1 is 0.723 bits per heavy atom. The summed E-state index contributed by atoms with van der Waals surface area (Å²) in [5.41, 5.74) is 1.37. The molecular weight excluding hydrogens is 734 g/mol. The minimum atomic E-state index is -6.09. The third-order valence-corrected chi connectivity index (χ3v) is 7.27. The van der Waals surface area contributed by atoms with E-state index < -0.39 is 31.3 Å². The summed E-state index contributed by atoms with van der Waals surface area (Å²) in [5.74, 6) is -0.438. The first-order valence-electron chi connectivity index (χ1n) is 13.0. The van der Waals surface area contributed by atoms with Gasteiger partial charge in [-0.05, 0) is 63.0 Å². The van der Waals surface area contributed by atoms with E-state index in [9.17, 15) is 35.9 Å². The molecule has 2 atom stereocenters. The van der Waals surface area contributed by atoms with Gasteiger partial charge in [0.05, 0.1) is 23.5 Å². The SMILES string of the molecule is NC(=O)[C@@H]1CCCN1Cc1ccccn1.NC(=O)[C@@H]1CCCN1Cc1ccccn1.O=S(=O)([O-])C(F)(F)F.O=S(=O)([O-])C(F)(F)F.[Fe+4]. The molecule has 23 heteroatoms. The number of carbonyl (C=O) groups excluding carboxylic acids is 2. The molecule has 2 aliphatic rings. The summed E-state index contributed by atoms with van der Waals surface area (Å²) in [5, 5.41) is 0. The van der Waals surface area contributed by atoms with Gasteiger partial charge in [0.1, 0.15) is 0 Å². The molecule has 47 heavy (non-hydrogen) atoms. The number of hydrogen-bond donors (Lipinski definition) is 2. The Kier molecular flexibility index (Phi) is 18.0. The van der Waals surface area contributed by atoms with Gasteiger partial charge in [-0.2, -0.15) is 26.3 Å². The number of nitrogens with two attached hydrogens (primary N) is 2. The zero-order valence-electron chi connectivity index (χ0n) is 24.1. The standard InChI is InChI=1S/2C11H15N3O.2CHF3O3S.Fe/c2*12-11(15)10-5-3-7-14(10)8-9-4-1-2-6-13-9;2*2-1(3,4)8(5,6)7;/h2*1-2,4,6,10H,3,5,7-8H2,(H2,12,15);2*(H,5,6,7);/q;;;;+4/p-2/t2*10-;;;/m00.../s1. The van der Waals surface area contributed by atoms with Gasteiger partial charge >= 0.3 is 28.1 Å². The maximum atomic E-state index is 11.2. The zero-order valence-corrected chi connectivity index (χ0v) is 26.8. The Labute approximate surface area is 276 Å². The van der Waals surface area contributed by atoms with Gasteiger partial charge in [-0.3, -0.25) is 29.4 Å². The molecule has 2 fully saturated rings. The summed E-state index contributed by atoms with van der Waals surface area (Å²) >= 11 is 0. The number of alkyl halides is 6. The molecule has 2 aliphatic heterocycles. The van der Waals surface area contributed by atoms with Crippen molar-refractivity contribution in [1.29, 1.82) is 0 Å². The van der Waals surface area contributed by atoms with E-state index >= 15 is 0 Å². The predicted molar refractivity (Wildman–Crippen MR) is 145 cm³/mol. The summed E-state index contributed by atoms with van der Waals surface area (Å²) in [6, 6.07) is 11.4. The van der Waals surface area contributed by atoms with Crippen LogP contribution in [0.1, 0.15) is 37.1 Å². The van der Waals surface area contributed by atoms with Crippen LogP contribution < -0.4 is 11.5 Å². The normalized spacial score (nSPS) is 18.6. The third kappa shape index (κ3) is 16.2. The molecule has 0 radical (unpaired) electrons. The monoisotopic (exact) mass is 764 g/mol. The Morgan fingerprint density at radius 2 is 1.02 bits per heavy atom. The minimum Gasteiger partial charge on any atom is -0.741 e. The molecule has 2 saturated heterocycles. The summed E-state index contributed by atoms with van der Waals surface area (Å²) in [7, 11) is -12.2. The van der Waals surface area contributed by atoms with Crippen LogP contribution in [-0.2, 0) is 60.0 Å². The third-order valence-electron chi connectivity index (χ3n) is 6.13. The maximum Gasteiger partial charge on any atom is 4.00 e. The van der Waals surface area contributed by atoms with Crippen molar-refractivity contribution in [2.75, 3.05) is 13.1 Å². The molecule has 2 aromatic heterocycles. The Balaban J connectivity index is 0.000000625. The minimum absolute atomic E-state index is 0. The van der Waals surface area contributed by atoms with Gasteiger partial charge in [-0.1, -0.05) is 12.1 Å². The van der Waals surface area contributed by atoms with Crippen LogP contribution in [0.4, 0.5) is 26.3 Å². The topological polar surface area (TPSA) is 233 Å². The zero-order chi connectivity index (χ0) is 35.3. The molecule has 0 unspecified atom stereocenters. The first-order chi connectivity index (χ1) is 21.0. The van der Waals surface area contributed by atoms with Crippen LogP contribution in [0, 0.1) is 0 Å². The summed E-state index contributed by atoms with van der Waals surface area (Å²) in [4.78, 5) is 35.0. The number of pyridine rings is 2. The fourth-order valence-electron chi connectivity index (χ4n) is 4.07. The molecule has 4 heterocycles. The Hall–Kier alpha value is -2.92. The van der Waals surface area contributed by atoms with Crippen molar-refractivity contribution in [2.24, 2.45) is 11.5 Å². The molecular formula is C24H30F6FeN6O8S2+2. The quantitative estimate of drug-likeness (QED) is 0.183. The molecule has 4 N–H and O–H groups in total. The first kappa shape index (κ1) is 44.1. The number of hydrogen-bond acceptors (Lipinski definition) is 12. The van der Waals surface area contributed by atoms with E-state index in [0.29, 0.717) is 13.1 Å². The van der Waals surface area contributed by atoms with Crippen molar-refractivity contribution in [3.05, 3.63) is 60.2 Å². The number of carbonyl (C=O) groups is 2. The summed E-state index contributed by atoms with van der Waals surface area (Å²) in [6.45, 7) is 3.30. The molecule has 4 rings (SSSR count). The second kappa shape index (κ2) is 19.2. The van der Waals surface area contributed by atoms with Gasteiger partial charge in [-0.25, -0.2) is 16.8 Å². The van der Waals surface area contributed by atoms with Crippen LogP contribution in [0.25, 0.3) is 0 Å². The fourth-order valence-corrected chi connectivity index (χ4v) is 4.07. The maximum absolute atomic E-state index is 11.2. The smallest absolute Gasteiger partial charge is 0.741 e. The largest absolute Gasteiger partial charge is 4.00 e. The number of likely N-dealkylation sites (tertiary alicyclic amines) is 2. The van der Waals surface area contributed by atoms with Crippen molar-refractivity contribution in [3.8, 4) is 0 Å². The average Bonchev–Trinajstić information content (AvgIpc) is 3.59. The number of rotatable bonds is 6. The van der Waals surface area contributed by atoms with E-state index in [1.54, 1.807) is 12.4 Å². The molecule has 0 bridgehead atoms. The van der Waals surface area contributed by atoms with E-state index in [-0.39, 0.29) is 41.0 Å². The molecule has 2 aromatic rings. The van der Waals surface area contributed by atoms with Crippen molar-refractivity contribution >= 4 is 32.1 Å². The molecule has 0 aliphatic carbocycles. The number of primary amides is 2. The molecule has 14 nitrogen and oxygen atoms in total. The fraction of sp³-hybridized carbons (Fsp3) is 0.500. The van der Waals surface area contributed by atoms with E-state index in [4.69, 9.17) is 37.4 Å². The van der Waals surface area contributed by atoms with Crippen molar-refractivity contribution in [3.63, 3.8) is 0 Å². The number of aromatic nitrogens is 2. The van der Waals surface area contributed by atoms with Gasteiger partial charge in [-0.15, -0.1) is 0 Å². The van der Waals surface area contributed by atoms with Gasteiger partial charge in [0.15, 0.2) is 20.2 Å². The van der Waals surface area contributed by atoms with Crippen LogP contribution >= 0.6 is 0 Å². The number of halogens is 6. The van der Waals surface area contributed by atoms with E-state index in [2.05, 4.69) is 19.8 Å². The van der Waals surface area contributed by atoms with Gasteiger partial charge in [0.25, 0.3) is 0 Å². The van der Waals surface area contributed by atoms with E-state index in [0.717, 1.165) is 50.2 Å². The Morgan fingerprint density at radius 3 is 1.23 bits per heavy atom. The van der Waals surface area contributed by atoms with E-state index in [1.807, 2.05) is 36.4 Å². The van der Waals surface area contributed by atoms with Crippen LogP contribution in [0.3, 0.4) is 0 Å². The molecule has 264 valence electrons. The summed E-state index contributed by atoms with van der Waals surface area (Å²) in [6.07, 6.45) is 7.38. The van der Waals surface area contributed by atoms with Gasteiger partial charge in [0.2, 0.25) is 11.8 Å². The van der Waals surface area contributed by atoms with Crippen LogP contribution in [0.2, 0.25) is 0 Å². The molecule has 2 amide bonds. The van der Waals surface area contributed by atoms with Crippen molar-refractivity contribution < 1.29 is 78.9 Å². The number of nitrogens with zero attached hydrogens (tertiary/aromatic N) is 4. The van der Waals surface area contributed by atoms with Crippen LogP contribution in [0.5, 0.6) is 0 Å². The predicted octanol–water partition coefficient (Wildman–Crippen LogP) is 1.16. The first-order valence-corrected chi connectivity index (χ1v) is 15.8. The molecule has 0 spiro atoms. The van der Waals surface area contributed by atoms with Crippen molar-refractivity contribution in [2.45, 2.75) is 61.9 Å². The van der Waals surface area contributed by atoms with Crippen molar-refractivity contribution in [1.82, 2.24) is 19.8 Å². The average molecular weight is 765 g/mol. The number of amides is 2. The second-order valence-electron chi connectivity index (χ2n) is 9.50. The van der Waals surface area contributed by atoms with Crippen LogP contribution in [-0.4, -0.2) is 93.7 Å². The van der Waals surface area contributed by atoms with Crippen LogP contribution in [0.15, 0.2) is 48.8 Å². The second-order valence-corrected chi connectivity index (χ2v) is 12.2. The molecule has 0 aromatic carbocycles. The Bertz CT molecular complexity index is 1360. The van der Waals surface area contributed by atoms with Gasteiger partial charge < -0.3 is 20.6 Å².